The van der Waals surface area contributed by atoms with E-state index < -0.39 is 0 Å². The molecule has 4 unspecified atom stereocenters. The molecular formula is C44H36. The normalized spacial score (nSPS) is 19.7. The fourth-order valence-corrected chi connectivity index (χ4v) is 7.18. The van der Waals surface area contributed by atoms with Gasteiger partial charge in [-0.1, -0.05) is 205 Å². The minimum absolute atomic E-state index is 0.138. The third kappa shape index (κ3) is 5.72. The maximum Gasteiger partial charge on any atom is 0.0164 e. The van der Waals surface area contributed by atoms with Crippen molar-refractivity contribution < 1.29 is 0 Å². The number of benzene rings is 6. The van der Waals surface area contributed by atoms with E-state index in [1.54, 1.807) is 0 Å². The summed E-state index contributed by atoms with van der Waals surface area (Å²) >= 11 is 0. The summed E-state index contributed by atoms with van der Waals surface area (Å²) in [5.41, 5.74) is 10.7. The zero-order valence-corrected chi connectivity index (χ0v) is 24.8. The molecule has 6 aromatic carbocycles. The molecule has 0 nitrogen and oxygen atoms in total. The molecule has 0 heteroatoms. The minimum atomic E-state index is 0.138. The molecule has 1 aliphatic rings. The van der Waals surface area contributed by atoms with Crippen LogP contribution in [-0.4, -0.2) is 0 Å². The van der Waals surface area contributed by atoms with E-state index in [9.17, 15) is 0 Å². The Balaban J connectivity index is 1.60. The van der Waals surface area contributed by atoms with Gasteiger partial charge in [0.25, 0.3) is 0 Å². The Morgan fingerprint density at radius 3 is 0.682 bits per heavy atom. The van der Waals surface area contributed by atoms with Crippen LogP contribution in [0, 0.1) is 0 Å². The first-order valence-corrected chi connectivity index (χ1v) is 15.6. The molecule has 0 bridgehead atoms. The third-order valence-corrected chi connectivity index (χ3v) is 9.00. The zero-order chi connectivity index (χ0) is 29.6. The quantitative estimate of drug-likeness (QED) is 0.189. The van der Waals surface area contributed by atoms with Crippen molar-refractivity contribution in [3.63, 3.8) is 0 Å². The molecule has 0 radical (unpaired) electrons. The van der Waals surface area contributed by atoms with Gasteiger partial charge in [-0.15, -0.1) is 0 Å². The summed E-state index contributed by atoms with van der Waals surface area (Å²) in [4.78, 5) is 0. The summed E-state index contributed by atoms with van der Waals surface area (Å²) in [6.45, 7) is 0. The molecule has 0 spiro atoms. The lowest BCUT2D eigenvalue weighted by atomic mass is 9.55. The summed E-state index contributed by atoms with van der Waals surface area (Å²) in [7, 11) is 0. The lowest BCUT2D eigenvalue weighted by Crippen LogP contribution is -2.32. The van der Waals surface area contributed by atoms with Crippen molar-refractivity contribution in [2.75, 3.05) is 0 Å². The smallest absolute Gasteiger partial charge is 0.0164 e. The molecule has 0 saturated heterocycles. The Kier molecular flexibility index (Phi) is 8.15. The molecule has 0 aromatic heterocycles. The highest BCUT2D eigenvalue weighted by atomic mass is 14.5. The van der Waals surface area contributed by atoms with Crippen molar-refractivity contribution in [2.24, 2.45) is 0 Å². The molecule has 1 saturated carbocycles. The first kappa shape index (κ1) is 27.6. The van der Waals surface area contributed by atoms with E-state index in [2.05, 4.69) is 194 Å². The molecule has 212 valence electrons. The topological polar surface area (TPSA) is 0 Å². The van der Waals surface area contributed by atoms with E-state index in [0.717, 1.165) is 0 Å². The van der Waals surface area contributed by atoms with Gasteiger partial charge < -0.3 is 0 Å². The van der Waals surface area contributed by atoms with Crippen molar-refractivity contribution in [3.8, 4) is 0 Å². The second-order valence-electron chi connectivity index (χ2n) is 11.7. The first-order chi connectivity index (χ1) is 21.9. The molecule has 0 amide bonds. The van der Waals surface area contributed by atoms with Crippen molar-refractivity contribution in [2.45, 2.75) is 23.7 Å². The van der Waals surface area contributed by atoms with Crippen LogP contribution in [0.5, 0.6) is 0 Å². The Morgan fingerprint density at radius 2 is 0.455 bits per heavy atom. The average molecular weight is 565 g/mol. The molecule has 0 heterocycles. The monoisotopic (exact) mass is 564 g/mol. The molecule has 1 aliphatic carbocycles. The first-order valence-electron chi connectivity index (χ1n) is 15.6. The average Bonchev–Trinajstić information content (AvgIpc) is 3.11. The van der Waals surface area contributed by atoms with Crippen LogP contribution >= 0.6 is 0 Å². The highest BCUT2D eigenvalue weighted by Crippen LogP contribution is 2.61. The Hall–Kier alpha value is -5.20. The molecule has 6 aromatic rings. The van der Waals surface area contributed by atoms with Gasteiger partial charge in [-0.3, -0.25) is 0 Å². The van der Waals surface area contributed by atoms with E-state index in [4.69, 9.17) is 0 Å². The molecule has 4 atom stereocenters. The maximum absolute atomic E-state index is 2.49. The van der Waals surface area contributed by atoms with E-state index in [-0.39, 0.29) is 23.7 Å². The van der Waals surface area contributed by atoms with Gasteiger partial charge >= 0.3 is 0 Å². The number of rotatable bonds is 6. The van der Waals surface area contributed by atoms with Gasteiger partial charge in [-0.05, 0) is 33.4 Å². The van der Waals surface area contributed by atoms with Gasteiger partial charge in [0.05, 0.1) is 0 Å². The van der Waals surface area contributed by atoms with Gasteiger partial charge in [-0.25, -0.2) is 0 Å². The molecule has 0 aliphatic heterocycles. The predicted molar refractivity (Wildman–Crippen MR) is 186 cm³/mol. The second-order valence-corrected chi connectivity index (χ2v) is 11.7. The highest BCUT2D eigenvalue weighted by Gasteiger charge is 2.46. The van der Waals surface area contributed by atoms with Crippen molar-refractivity contribution in [1.82, 2.24) is 0 Å². The highest BCUT2D eigenvalue weighted by molar-refractivity contribution is 5.69. The largest absolute Gasteiger partial charge is 0.0622 e. The Morgan fingerprint density at radius 1 is 0.250 bits per heavy atom. The van der Waals surface area contributed by atoms with Gasteiger partial charge in [-0.2, -0.15) is 0 Å². The Labute approximate surface area is 261 Å². The number of hydrogen-bond donors (Lipinski definition) is 0. The van der Waals surface area contributed by atoms with Gasteiger partial charge in [0.2, 0.25) is 0 Å². The van der Waals surface area contributed by atoms with Crippen LogP contribution in [0.15, 0.2) is 193 Å². The number of allylic oxidation sites excluding steroid dienone is 2. The summed E-state index contributed by atoms with van der Waals surface area (Å²) in [5, 5.41) is 0. The lowest BCUT2D eigenvalue weighted by Gasteiger charge is -2.47. The summed E-state index contributed by atoms with van der Waals surface area (Å²) in [6.07, 6.45) is 4.97. The van der Waals surface area contributed by atoms with Crippen LogP contribution < -0.4 is 0 Å². The lowest BCUT2D eigenvalue weighted by molar-refractivity contribution is 0.489. The summed E-state index contributed by atoms with van der Waals surface area (Å²) in [5.74, 6) is 0.552. The number of hydrogen-bond acceptors (Lipinski definition) is 0. The zero-order valence-electron chi connectivity index (χ0n) is 24.8. The molecule has 44 heavy (non-hydrogen) atoms. The van der Waals surface area contributed by atoms with Gasteiger partial charge in [0.1, 0.15) is 0 Å². The molecule has 0 N–H and O–H groups in total. The summed E-state index contributed by atoms with van der Waals surface area (Å²) < 4.78 is 0. The van der Waals surface area contributed by atoms with Crippen LogP contribution in [0.3, 0.4) is 0 Å². The maximum atomic E-state index is 2.49. The predicted octanol–water partition coefficient (Wildman–Crippen LogP) is 11.3. The van der Waals surface area contributed by atoms with E-state index in [0.29, 0.717) is 0 Å². The van der Waals surface area contributed by atoms with Crippen LogP contribution in [0.4, 0.5) is 0 Å². The summed E-state index contributed by atoms with van der Waals surface area (Å²) in [6, 6.07) is 66.4. The fourth-order valence-electron chi connectivity index (χ4n) is 7.18. The SMILES string of the molecule is C(=C1C(c2ccccc2)C(c2ccccc2)C(=Cc2ccccc2)C(c2ccccc2)C1c1ccccc1)c1ccccc1. The van der Waals surface area contributed by atoms with Crippen molar-refractivity contribution in [3.05, 3.63) is 227 Å². The van der Waals surface area contributed by atoms with E-state index in [1.165, 1.54) is 44.5 Å². The van der Waals surface area contributed by atoms with Gasteiger partial charge in [0, 0.05) is 23.7 Å². The molecular weight excluding hydrogens is 528 g/mol. The second kappa shape index (κ2) is 13.0. The van der Waals surface area contributed by atoms with Crippen LogP contribution in [0.25, 0.3) is 12.2 Å². The van der Waals surface area contributed by atoms with Crippen molar-refractivity contribution >= 4 is 12.2 Å². The minimum Gasteiger partial charge on any atom is -0.0622 e. The molecule has 1 fully saturated rings. The van der Waals surface area contributed by atoms with E-state index in [1.807, 2.05) is 0 Å². The Bertz CT molecular complexity index is 1590. The van der Waals surface area contributed by atoms with E-state index >= 15 is 0 Å². The third-order valence-electron chi connectivity index (χ3n) is 9.00. The van der Waals surface area contributed by atoms with Gasteiger partial charge in [0.15, 0.2) is 0 Å². The van der Waals surface area contributed by atoms with Crippen LogP contribution in [-0.2, 0) is 0 Å². The molecule has 7 rings (SSSR count). The van der Waals surface area contributed by atoms with Crippen molar-refractivity contribution in [1.29, 1.82) is 0 Å². The van der Waals surface area contributed by atoms with Crippen LogP contribution in [0.2, 0.25) is 0 Å². The standard InChI is InChI=1S/C44H36/c1-7-19-33(20-8-1)31-39-41(35-23-11-3-12-24-35)43(37-27-15-5-16-28-37)40(32-34-21-9-2-10-22-34)44(38-29-17-6-18-30-38)42(39)36-25-13-4-14-26-36/h1-32,41-44H. The van der Waals surface area contributed by atoms with Crippen LogP contribution in [0.1, 0.15) is 57.1 Å². The fraction of sp³-hybridized carbons (Fsp3) is 0.0909.